The van der Waals surface area contributed by atoms with Crippen molar-refractivity contribution in [3.8, 4) is 17.1 Å². The minimum absolute atomic E-state index is 0.118. The number of nitrogens with two attached hydrogens (primary N) is 1. The summed E-state index contributed by atoms with van der Waals surface area (Å²) in [6.45, 7) is 4.43. The number of hydrogen-bond acceptors (Lipinski definition) is 8. The van der Waals surface area contributed by atoms with Gasteiger partial charge in [0, 0.05) is 49.5 Å². The average Bonchev–Trinajstić information content (AvgIpc) is 3.08. The van der Waals surface area contributed by atoms with Gasteiger partial charge in [-0.25, -0.2) is 0 Å². The van der Waals surface area contributed by atoms with Crippen LogP contribution in [-0.4, -0.2) is 67.4 Å². The highest BCUT2D eigenvalue weighted by Crippen LogP contribution is 2.31. The molecule has 1 aromatic heterocycles. The van der Waals surface area contributed by atoms with E-state index in [1.807, 2.05) is 42.5 Å². The van der Waals surface area contributed by atoms with Crippen molar-refractivity contribution >= 4 is 45.6 Å². The van der Waals surface area contributed by atoms with Crippen LogP contribution in [0.5, 0.6) is 5.95 Å². The van der Waals surface area contributed by atoms with E-state index in [4.69, 9.17) is 26.5 Å². The van der Waals surface area contributed by atoms with Crippen LogP contribution in [0.25, 0.3) is 22.1 Å². The fourth-order valence-electron chi connectivity index (χ4n) is 5.74. The molecule has 1 fully saturated rings. The number of para-hydroxylation sites is 1. The number of amides is 1. The Morgan fingerprint density at radius 1 is 0.851 bits per heavy atom. The van der Waals surface area contributed by atoms with Crippen molar-refractivity contribution in [2.75, 3.05) is 56.9 Å². The Morgan fingerprint density at radius 2 is 1.55 bits per heavy atom. The van der Waals surface area contributed by atoms with E-state index in [0.717, 1.165) is 44.7 Å². The van der Waals surface area contributed by atoms with E-state index in [9.17, 15) is 14.4 Å². The maximum atomic E-state index is 13.4. The summed E-state index contributed by atoms with van der Waals surface area (Å²) in [6, 6.07) is 28.3. The third kappa shape index (κ3) is 7.55. The Hall–Kier alpha value is -4.96. The first-order valence-corrected chi connectivity index (χ1v) is 15.9. The van der Waals surface area contributed by atoms with Crippen molar-refractivity contribution in [1.29, 1.82) is 0 Å². The first-order chi connectivity index (χ1) is 22.9. The molecule has 3 N–H and O–H groups in total. The lowest BCUT2D eigenvalue weighted by Gasteiger charge is -2.34. The quantitative estimate of drug-likeness (QED) is 0.102. The van der Waals surface area contributed by atoms with Crippen LogP contribution in [0.2, 0.25) is 5.02 Å². The molecule has 0 unspecified atom stereocenters. The zero-order valence-corrected chi connectivity index (χ0v) is 26.5. The van der Waals surface area contributed by atoms with Gasteiger partial charge in [0.25, 0.3) is 5.95 Å². The first kappa shape index (κ1) is 32.0. The standard InChI is InChI=1S/C37H35ClN4O5/c38-30-13-6-4-11-27(30)35(44)29-23-26(39)15-16-31(29)40-33(43)24-42-20-18-41(19-21-42)17-8-22-46-37-34(25-9-2-1-3-10-25)36(45)28-12-5-7-14-32(28)47-37/h1-7,9-16,23H,8,17-22,24,39H2,(H,40,43). The number of piperazine rings is 1. The highest BCUT2D eigenvalue weighted by atomic mass is 35.5. The number of nitrogens with zero attached hydrogens (tertiary/aromatic N) is 2. The Kier molecular flexibility index (Phi) is 9.97. The molecule has 6 rings (SSSR count). The van der Waals surface area contributed by atoms with Crippen LogP contribution in [0.3, 0.4) is 0 Å². The van der Waals surface area contributed by atoms with Crippen LogP contribution in [0.15, 0.2) is 106 Å². The predicted molar refractivity (Wildman–Crippen MR) is 185 cm³/mol. The smallest absolute Gasteiger partial charge is 0.297 e. The van der Waals surface area contributed by atoms with E-state index >= 15 is 0 Å². The fourth-order valence-corrected chi connectivity index (χ4v) is 5.96. The summed E-state index contributed by atoms with van der Waals surface area (Å²) in [5.74, 6) is -0.292. The number of fused-ring (bicyclic) bond motifs is 1. The van der Waals surface area contributed by atoms with Gasteiger partial charge in [-0.05, 0) is 54.4 Å². The monoisotopic (exact) mass is 650 g/mol. The van der Waals surface area contributed by atoms with Crippen molar-refractivity contribution in [3.63, 3.8) is 0 Å². The molecule has 1 saturated heterocycles. The van der Waals surface area contributed by atoms with Crippen molar-refractivity contribution < 1.29 is 18.7 Å². The molecule has 1 amide bonds. The number of anilines is 2. The minimum Gasteiger partial charge on any atom is -0.465 e. The second-order valence-electron chi connectivity index (χ2n) is 11.4. The number of rotatable bonds is 11. The molecule has 0 aliphatic carbocycles. The van der Waals surface area contributed by atoms with Crippen molar-refractivity contribution in [2.24, 2.45) is 0 Å². The molecule has 10 heteroatoms. The van der Waals surface area contributed by atoms with Gasteiger partial charge in [-0.2, -0.15) is 0 Å². The van der Waals surface area contributed by atoms with Gasteiger partial charge in [-0.1, -0.05) is 66.2 Å². The van der Waals surface area contributed by atoms with Crippen LogP contribution in [0.1, 0.15) is 22.3 Å². The predicted octanol–water partition coefficient (Wildman–Crippen LogP) is 5.95. The molecule has 0 bridgehead atoms. The first-order valence-electron chi connectivity index (χ1n) is 15.5. The molecule has 2 heterocycles. The molecule has 0 radical (unpaired) electrons. The number of nitrogens with one attached hydrogen (secondary N) is 1. The largest absolute Gasteiger partial charge is 0.465 e. The molecule has 240 valence electrons. The van der Waals surface area contributed by atoms with Gasteiger partial charge in [0.2, 0.25) is 11.3 Å². The molecular formula is C37H35ClN4O5. The van der Waals surface area contributed by atoms with Crippen molar-refractivity contribution in [3.05, 3.63) is 123 Å². The molecule has 1 aliphatic heterocycles. The van der Waals surface area contributed by atoms with Crippen molar-refractivity contribution in [2.45, 2.75) is 6.42 Å². The van der Waals surface area contributed by atoms with Gasteiger partial charge in [-0.3, -0.25) is 19.3 Å². The summed E-state index contributed by atoms with van der Waals surface area (Å²) in [5, 5.41) is 3.74. The van der Waals surface area contributed by atoms with Crippen LogP contribution in [0.4, 0.5) is 11.4 Å². The zero-order valence-electron chi connectivity index (χ0n) is 25.8. The number of benzene rings is 4. The molecule has 0 spiro atoms. The van der Waals surface area contributed by atoms with Crippen LogP contribution >= 0.6 is 11.6 Å². The van der Waals surface area contributed by atoms with Gasteiger partial charge in [-0.15, -0.1) is 0 Å². The Balaban J connectivity index is 1.00. The number of hydrogen-bond donors (Lipinski definition) is 2. The average molecular weight is 651 g/mol. The number of carbonyl (C=O) groups excluding carboxylic acids is 2. The third-order valence-corrected chi connectivity index (χ3v) is 8.52. The number of halogens is 1. The van der Waals surface area contributed by atoms with Gasteiger partial charge in [0.05, 0.1) is 29.2 Å². The summed E-state index contributed by atoms with van der Waals surface area (Å²) in [7, 11) is 0. The topological polar surface area (TPSA) is 118 Å². The number of ketones is 1. The van der Waals surface area contributed by atoms with Crippen molar-refractivity contribution in [1.82, 2.24) is 9.80 Å². The molecule has 0 atom stereocenters. The third-order valence-electron chi connectivity index (χ3n) is 8.19. The van der Waals surface area contributed by atoms with Gasteiger partial charge >= 0.3 is 0 Å². The van der Waals surface area contributed by atoms with E-state index in [1.165, 1.54) is 0 Å². The second kappa shape index (κ2) is 14.6. The molecule has 47 heavy (non-hydrogen) atoms. The van der Waals surface area contributed by atoms with Crippen LogP contribution < -0.4 is 21.2 Å². The lowest BCUT2D eigenvalue weighted by atomic mass is 10.0. The Labute approximate surface area is 277 Å². The van der Waals surface area contributed by atoms with E-state index in [1.54, 1.807) is 54.6 Å². The second-order valence-corrected chi connectivity index (χ2v) is 11.8. The van der Waals surface area contributed by atoms with E-state index in [2.05, 4.69) is 15.1 Å². The Bertz CT molecular complexity index is 1950. The molecule has 9 nitrogen and oxygen atoms in total. The molecule has 5 aromatic rings. The maximum Gasteiger partial charge on any atom is 0.297 e. The summed E-state index contributed by atoms with van der Waals surface area (Å²) < 4.78 is 12.1. The minimum atomic E-state index is -0.310. The number of ether oxygens (including phenoxy) is 1. The summed E-state index contributed by atoms with van der Waals surface area (Å²) >= 11 is 6.26. The van der Waals surface area contributed by atoms with Crippen LogP contribution in [-0.2, 0) is 4.79 Å². The summed E-state index contributed by atoms with van der Waals surface area (Å²) in [6.07, 6.45) is 0.741. The highest BCUT2D eigenvalue weighted by molar-refractivity contribution is 6.35. The molecule has 1 aliphatic rings. The van der Waals surface area contributed by atoms with E-state index in [0.29, 0.717) is 45.1 Å². The van der Waals surface area contributed by atoms with Gasteiger partial charge in [0.1, 0.15) is 11.1 Å². The fraction of sp³-hybridized carbons (Fsp3) is 0.216. The van der Waals surface area contributed by atoms with Gasteiger partial charge < -0.3 is 25.1 Å². The lowest BCUT2D eigenvalue weighted by Crippen LogP contribution is -2.48. The van der Waals surface area contributed by atoms with Crippen LogP contribution in [0, 0.1) is 0 Å². The molecule has 0 saturated carbocycles. The normalized spacial score (nSPS) is 13.8. The molecular weight excluding hydrogens is 616 g/mol. The summed E-state index contributed by atoms with van der Waals surface area (Å²) in [5.41, 5.74) is 8.96. The summed E-state index contributed by atoms with van der Waals surface area (Å²) in [4.78, 5) is 44.1. The zero-order chi connectivity index (χ0) is 32.8. The maximum absolute atomic E-state index is 13.4. The van der Waals surface area contributed by atoms with Gasteiger partial charge in [0.15, 0.2) is 5.78 Å². The highest BCUT2D eigenvalue weighted by Gasteiger charge is 2.22. The Morgan fingerprint density at radius 3 is 2.34 bits per heavy atom. The van der Waals surface area contributed by atoms with E-state index in [-0.39, 0.29) is 35.2 Å². The number of nitrogen functional groups attached to an aromatic ring is 1. The SMILES string of the molecule is Nc1ccc(NC(=O)CN2CCN(CCCOc3oc4ccccc4c(=O)c3-c3ccccc3)CC2)c(C(=O)c2ccccc2Cl)c1. The molecule has 4 aromatic carbocycles. The number of carbonyl (C=O) groups is 2. The lowest BCUT2D eigenvalue weighted by molar-refractivity contribution is -0.117. The van der Waals surface area contributed by atoms with E-state index < -0.39 is 0 Å².